The first kappa shape index (κ1) is 7.71. The van der Waals surface area contributed by atoms with E-state index in [1.54, 1.807) is 0 Å². The molecule has 54 valence electrons. The third-order valence-corrected chi connectivity index (χ3v) is 2.44. The number of hydrogen-bond donors (Lipinski definition) is 1. The fourth-order valence-corrected chi connectivity index (χ4v) is 1.46. The summed E-state index contributed by atoms with van der Waals surface area (Å²) in [6, 6.07) is 0. The molecule has 0 spiro atoms. The molecule has 2 N–H and O–H groups in total. The maximum atomic E-state index is 5.60. The number of hydrogen-bond acceptors (Lipinski definition) is 3. The lowest BCUT2D eigenvalue weighted by molar-refractivity contribution is 0.300. The Balaban J connectivity index is 2.25. The summed E-state index contributed by atoms with van der Waals surface area (Å²) in [6.07, 6.45) is 1.19. The first-order valence-electron chi connectivity index (χ1n) is 3.19. The van der Waals surface area contributed by atoms with Gasteiger partial charge in [0.1, 0.15) is 0 Å². The molecule has 1 aliphatic rings. The fourth-order valence-electron chi connectivity index (χ4n) is 0.906. The molecule has 1 heterocycles. The van der Waals surface area contributed by atoms with E-state index >= 15 is 0 Å². The molecular weight excluding hydrogens is 229 g/mol. The van der Waals surface area contributed by atoms with Gasteiger partial charge in [-0.05, 0) is 6.42 Å². The van der Waals surface area contributed by atoms with Gasteiger partial charge in [-0.15, -0.1) is 0 Å². The fraction of sp³-hybridized carbons (Fsp3) is 1.00. The van der Waals surface area contributed by atoms with Crippen molar-refractivity contribution in [3.63, 3.8) is 0 Å². The van der Waals surface area contributed by atoms with Gasteiger partial charge in [0.2, 0.25) is 0 Å². The van der Waals surface area contributed by atoms with Crippen molar-refractivity contribution >= 4 is 22.9 Å². The molecule has 0 atom stereocenters. The molecule has 0 aromatic rings. The molecule has 0 amide bonds. The molecule has 1 rings (SSSR count). The molecule has 0 bridgehead atoms. The van der Waals surface area contributed by atoms with Gasteiger partial charge in [0.15, 0.2) is 0 Å². The van der Waals surface area contributed by atoms with Crippen LogP contribution in [0.1, 0.15) is 6.42 Å². The summed E-state index contributed by atoms with van der Waals surface area (Å²) in [5.74, 6) is 5.60. The lowest BCUT2D eigenvalue weighted by Crippen LogP contribution is -2.33. The number of halogens is 1. The van der Waals surface area contributed by atoms with Gasteiger partial charge in [0.25, 0.3) is 0 Å². The van der Waals surface area contributed by atoms with Crippen molar-refractivity contribution in [2.45, 2.75) is 6.42 Å². The van der Waals surface area contributed by atoms with E-state index in [9.17, 15) is 0 Å². The van der Waals surface area contributed by atoms with Crippen molar-refractivity contribution in [2.24, 2.45) is 5.84 Å². The van der Waals surface area contributed by atoms with Gasteiger partial charge in [-0.1, -0.05) is 0 Å². The monoisotopic (exact) mass is 241 g/mol. The standard InChI is InChI=1S/C5H12IN3/c6-8-2-1-3-9(7)5-4-8/h1-5,7H2. The number of nitrogens with zero attached hydrogens (tertiary/aromatic N) is 2. The summed E-state index contributed by atoms with van der Waals surface area (Å²) in [5, 5.41) is 1.89. The van der Waals surface area contributed by atoms with Crippen LogP contribution in [-0.4, -0.2) is 34.3 Å². The maximum Gasteiger partial charge on any atom is 0.0264 e. The van der Waals surface area contributed by atoms with E-state index in [0.717, 1.165) is 19.6 Å². The zero-order chi connectivity index (χ0) is 6.69. The zero-order valence-corrected chi connectivity index (χ0v) is 7.54. The van der Waals surface area contributed by atoms with Crippen molar-refractivity contribution in [3.05, 3.63) is 0 Å². The summed E-state index contributed by atoms with van der Waals surface area (Å²) in [7, 11) is 0. The first-order chi connectivity index (χ1) is 4.29. The Hall–Kier alpha value is 0.610. The Morgan fingerprint density at radius 2 is 1.89 bits per heavy atom. The highest BCUT2D eigenvalue weighted by atomic mass is 127. The summed E-state index contributed by atoms with van der Waals surface area (Å²) in [5.41, 5.74) is 0. The third kappa shape index (κ3) is 2.79. The lowest BCUT2D eigenvalue weighted by Gasteiger charge is -2.11. The van der Waals surface area contributed by atoms with Crippen LogP contribution in [0.4, 0.5) is 0 Å². The Labute approximate surface area is 69.6 Å². The van der Waals surface area contributed by atoms with Crippen LogP contribution in [0, 0.1) is 0 Å². The molecule has 0 unspecified atom stereocenters. The van der Waals surface area contributed by atoms with E-state index in [1.807, 2.05) is 5.01 Å². The summed E-state index contributed by atoms with van der Waals surface area (Å²) in [6.45, 7) is 4.31. The van der Waals surface area contributed by atoms with Crippen molar-refractivity contribution < 1.29 is 0 Å². The lowest BCUT2D eigenvalue weighted by atomic mass is 10.4. The van der Waals surface area contributed by atoms with Gasteiger partial charge < -0.3 is 0 Å². The molecule has 3 nitrogen and oxygen atoms in total. The highest BCUT2D eigenvalue weighted by Gasteiger charge is 2.08. The smallest absolute Gasteiger partial charge is 0.0264 e. The molecule has 0 aromatic heterocycles. The van der Waals surface area contributed by atoms with Crippen molar-refractivity contribution in [1.82, 2.24) is 8.12 Å². The second kappa shape index (κ2) is 3.70. The van der Waals surface area contributed by atoms with E-state index in [2.05, 4.69) is 26.0 Å². The van der Waals surface area contributed by atoms with E-state index in [1.165, 1.54) is 13.0 Å². The largest absolute Gasteiger partial charge is 0.269 e. The van der Waals surface area contributed by atoms with E-state index < -0.39 is 0 Å². The van der Waals surface area contributed by atoms with Crippen molar-refractivity contribution in [2.75, 3.05) is 26.2 Å². The molecule has 4 heteroatoms. The molecular formula is C5H12IN3. The van der Waals surface area contributed by atoms with Crippen molar-refractivity contribution in [3.8, 4) is 0 Å². The molecule has 0 saturated carbocycles. The average molecular weight is 241 g/mol. The Kier molecular flexibility index (Phi) is 3.17. The number of hydrazine groups is 1. The van der Waals surface area contributed by atoms with Crippen LogP contribution in [0.3, 0.4) is 0 Å². The maximum absolute atomic E-state index is 5.60. The Bertz CT molecular complexity index is 78.3. The van der Waals surface area contributed by atoms with Crippen LogP contribution in [0.15, 0.2) is 0 Å². The van der Waals surface area contributed by atoms with Gasteiger partial charge in [-0.2, -0.15) is 0 Å². The molecule has 0 aliphatic carbocycles. The highest BCUT2D eigenvalue weighted by molar-refractivity contribution is 14.1. The van der Waals surface area contributed by atoms with E-state index in [4.69, 9.17) is 5.84 Å². The van der Waals surface area contributed by atoms with Gasteiger partial charge >= 0.3 is 0 Å². The molecule has 1 fully saturated rings. The zero-order valence-electron chi connectivity index (χ0n) is 5.39. The van der Waals surface area contributed by atoms with Crippen LogP contribution in [0.2, 0.25) is 0 Å². The quantitative estimate of drug-likeness (QED) is 0.374. The second-order valence-corrected chi connectivity index (χ2v) is 3.66. The number of rotatable bonds is 0. The normalized spacial score (nSPS) is 26.0. The topological polar surface area (TPSA) is 32.5 Å². The van der Waals surface area contributed by atoms with Crippen LogP contribution in [-0.2, 0) is 0 Å². The minimum atomic E-state index is 1.00. The molecule has 1 aliphatic heterocycles. The predicted octanol–water partition coefficient (Wildman–Crippen LogP) is 0.218. The van der Waals surface area contributed by atoms with Crippen molar-refractivity contribution in [1.29, 1.82) is 0 Å². The predicted molar refractivity (Wildman–Crippen MR) is 46.0 cm³/mol. The molecule has 0 aromatic carbocycles. The van der Waals surface area contributed by atoms with Crippen LogP contribution < -0.4 is 5.84 Å². The average Bonchev–Trinajstić information content (AvgIpc) is 1.97. The summed E-state index contributed by atoms with van der Waals surface area (Å²) < 4.78 is 2.28. The third-order valence-electron chi connectivity index (χ3n) is 1.48. The number of nitrogens with two attached hydrogens (primary N) is 1. The molecule has 9 heavy (non-hydrogen) atoms. The Morgan fingerprint density at radius 1 is 1.11 bits per heavy atom. The SMILES string of the molecule is NN1CCCN(I)CC1. The first-order valence-corrected chi connectivity index (χ1v) is 4.16. The van der Waals surface area contributed by atoms with Gasteiger partial charge in [-0.3, -0.25) is 5.84 Å². The van der Waals surface area contributed by atoms with Crippen LogP contribution in [0.25, 0.3) is 0 Å². The van der Waals surface area contributed by atoms with E-state index in [0.29, 0.717) is 0 Å². The van der Waals surface area contributed by atoms with Gasteiger partial charge in [0, 0.05) is 49.0 Å². The molecule has 1 saturated heterocycles. The van der Waals surface area contributed by atoms with Gasteiger partial charge in [-0.25, -0.2) is 8.12 Å². The van der Waals surface area contributed by atoms with Crippen LogP contribution >= 0.6 is 22.9 Å². The molecule has 0 radical (unpaired) electrons. The van der Waals surface area contributed by atoms with Gasteiger partial charge in [0.05, 0.1) is 0 Å². The minimum Gasteiger partial charge on any atom is -0.269 e. The summed E-state index contributed by atoms with van der Waals surface area (Å²) in [4.78, 5) is 0. The minimum absolute atomic E-state index is 1.00. The second-order valence-electron chi connectivity index (χ2n) is 2.30. The highest BCUT2D eigenvalue weighted by Crippen LogP contribution is 2.03. The summed E-state index contributed by atoms with van der Waals surface area (Å²) >= 11 is 2.34. The van der Waals surface area contributed by atoms with Crippen LogP contribution in [0.5, 0.6) is 0 Å². The Morgan fingerprint density at radius 3 is 2.67 bits per heavy atom. The van der Waals surface area contributed by atoms with E-state index in [-0.39, 0.29) is 0 Å².